The van der Waals surface area contributed by atoms with Crippen molar-refractivity contribution < 1.29 is 14.6 Å². The molecule has 0 radical (unpaired) electrons. The summed E-state index contributed by atoms with van der Waals surface area (Å²) in [7, 11) is 0. The molecule has 1 aliphatic heterocycles. The molecule has 0 bridgehead atoms. The van der Waals surface area contributed by atoms with Crippen LogP contribution in [0, 0.1) is 0 Å². The lowest BCUT2D eigenvalue weighted by molar-refractivity contribution is 0.174. The molecule has 34 heavy (non-hydrogen) atoms. The highest BCUT2D eigenvalue weighted by Crippen LogP contribution is 2.37. The maximum absolute atomic E-state index is 10.9. The van der Waals surface area contributed by atoms with Gasteiger partial charge in [-0.3, -0.25) is 4.90 Å². The average Bonchev–Trinajstić information content (AvgIpc) is 3.44. The third-order valence-corrected chi connectivity index (χ3v) is 6.59. The Hall–Kier alpha value is -3.29. The van der Waals surface area contributed by atoms with Gasteiger partial charge in [0.05, 0.1) is 22.5 Å². The minimum Gasteiger partial charge on any atom is -0.494 e. The summed E-state index contributed by atoms with van der Waals surface area (Å²) < 4.78 is 12.0. The molecule has 1 aliphatic rings. The van der Waals surface area contributed by atoms with Gasteiger partial charge in [0.25, 0.3) is 0 Å². The van der Waals surface area contributed by atoms with Crippen molar-refractivity contribution in [3.8, 4) is 17.4 Å². The predicted octanol–water partition coefficient (Wildman–Crippen LogP) is 6.38. The molecule has 3 aromatic carbocycles. The van der Waals surface area contributed by atoms with Crippen molar-refractivity contribution in [3.63, 3.8) is 0 Å². The lowest BCUT2D eigenvalue weighted by Gasteiger charge is -2.17. The van der Waals surface area contributed by atoms with E-state index in [1.54, 1.807) is 0 Å². The maximum Gasteiger partial charge on any atom is 0.231 e. The minimum atomic E-state index is 0.0719. The first-order valence-corrected chi connectivity index (χ1v) is 12.2. The number of aromatic hydroxyl groups is 1. The van der Waals surface area contributed by atoms with E-state index in [1.807, 2.05) is 48.5 Å². The SMILES string of the molecule is CCN(CC)Cc1ccc(N=C(c2ccc3c(c2)OCO3)c2c(O)[nH]c3cc(Br)ccc23)cc1. The molecule has 0 atom stereocenters. The summed E-state index contributed by atoms with van der Waals surface area (Å²) >= 11 is 3.50. The summed E-state index contributed by atoms with van der Waals surface area (Å²) in [6, 6.07) is 19.9. The Morgan fingerprint density at radius 2 is 1.76 bits per heavy atom. The molecule has 6 nitrogen and oxygen atoms in total. The smallest absolute Gasteiger partial charge is 0.231 e. The molecule has 0 amide bonds. The summed E-state index contributed by atoms with van der Waals surface area (Å²) in [6.45, 7) is 7.48. The number of ether oxygens (including phenoxy) is 2. The van der Waals surface area contributed by atoms with Crippen LogP contribution in [0.25, 0.3) is 10.9 Å². The van der Waals surface area contributed by atoms with Crippen molar-refractivity contribution in [1.82, 2.24) is 9.88 Å². The first-order valence-electron chi connectivity index (χ1n) is 11.4. The molecular weight excluding hydrogens is 494 g/mol. The van der Waals surface area contributed by atoms with Gasteiger partial charge < -0.3 is 19.6 Å². The maximum atomic E-state index is 10.9. The Labute approximate surface area is 207 Å². The highest BCUT2D eigenvalue weighted by atomic mass is 79.9. The minimum absolute atomic E-state index is 0.0719. The van der Waals surface area contributed by atoms with Gasteiger partial charge in [-0.1, -0.05) is 48.0 Å². The van der Waals surface area contributed by atoms with E-state index in [-0.39, 0.29) is 12.7 Å². The van der Waals surface area contributed by atoms with Crippen LogP contribution >= 0.6 is 15.9 Å². The molecule has 0 saturated heterocycles. The topological polar surface area (TPSA) is 70.1 Å². The van der Waals surface area contributed by atoms with Crippen molar-refractivity contribution in [2.75, 3.05) is 19.9 Å². The van der Waals surface area contributed by atoms with Crippen LogP contribution in [-0.2, 0) is 6.54 Å². The van der Waals surface area contributed by atoms with E-state index in [0.29, 0.717) is 22.8 Å². The molecule has 2 N–H and O–H groups in total. The van der Waals surface area contributed by atoms with Crippen LogP contribution in [0.4, 0.5) is 5.69 Å². The zero-order valence-corrected chi connectivity index (χ0v) is 20.7. The molecule has 1 aromatic heterocycles. The van der Waals surface area contributed by atoms with Crippen molar-refractivity contribution in [3.05, 3.63) is 81.8 Å². The molecule has 0 aliphatic carbocycles. The Morgan fingerprint density at radius 1 is 1.00 bits per heavy atom. The van der Waals surface area contributed by atoms with E-state index in [4.69, 9.17) is 14.5 Å². The molecule has 7 heteroatoms. The van der Waals surface area contributed by atoms with Crippen LogP contribution < -0.4 is 9.47 Å². The number of hydrogen-bond acceptors (Lipinski definition) is 5. The number of rotatable bonds is 7. The first-order chi connectivity index (χ1) is 16.6. The van der Waals surface area contributed by atoms with E-state index in [9.17, 15) is 5.11 Å². The van der Waals surface area contributed by atoms with Gasteiger partial charge in [-0.15, -0.1) is 0 Å². The van der Waals surface area contributed by atoms with Crippen LogP contribution in [0.2, 0.25) is 0 Å². The highest BCUT2D eigenvalue weighted by Gasteiger charge is 2.22. The molecule has 5 rings (SSSR count). The number of nitrogens with zero attached hydrogens (tertiary/aromatic N) is 2. The van der Waals surface area contributed by atoms with Gasteiger partial charge in [0, 0.05) is 22.0 Å². The zero-order valence-electron chi connectivity index (χ0n) is 19.1. The van der Waals surface area contributed by atoms with Crippen LogP contribution in [0.3, 0.4) is 0 Å². The predicted molar refractivity (Wildman–Crippen MR) is 139 cm³/mol. The van der Waals surface area contributed by atoms with E-state index in [1.165, 1.54) is 5.56 Å². The Kier molecular flexibility index (Phi) is 6.30. The van der Waals surface area contributed by atoms with Crippen molar-refractivity contribution >= 4 is 38.2 Å². The summed E-state index contributed by atoms with van der Waals surface area (Å²) in [5.41, 5.74) is 5.00. The van der Waals surface area contributed by atoms with Crippen LogP contribution in [-0.4, -0.2) is 40.6 Å². The van der Waals surface area contributed by atoms with Gasteiger partial charge in [-0.05, 0) is 61.1 Å². The van der Waals surface area contributed by atoms with Gasteiger partial charge in [-0.25, -0.2) is 4.99 Å². The molecular formula is C27H26BrN3O3. The first kappa shape index (κ1) is 22.5. The van der Waals surface area contributed by atoms with Crippen molar-refractivity contribution in [1.29, 1.82) is 0 Å². The molecule has 174 valence electrons. The van der Waals surface area contributed by atoms with E-state index in [2.05, 4.69) is 51.8 Å². The van der Waals surface area contributed by atoms with Gasteiger partial charge in [-0.2, -0.15) is 0 Å². The number of aromatic nitrogens is 1. The fourth-order valence-corrected chi connectivity index (χ4v) is 4.58. The highest BCUT2D eigenvalue weighted by molar-refractivity contribution is 9.10. The number of benzene rings is 3. The second-order valence-corrected chi connectivity index (χ2v) is 9.11. The summed E-state index contributed by atoms with van der Waals surface area (Å²) in [4.78, 5) is 10.5. The normalized spacial score (nSPS) is 13.2. The quantitative estimate of drug-likeness (QED) is 0.278. The standard InChI is InChI=1S/C27H26BrN3O3/c1-3-31(4-2)15-17-5-9-20(10-6-17)29-26(18-7-12-23-24(13-18)34-16-33-23)25-21-11-8-19(28)14-22(21)30-27(25)32/h5-14,30,32H,3-4,15-16H2,1-2H3. The largest absolute Gasteiger partial charge is 0.494 e. The number of aliphatic imine (C=N–C) groups is 1. The molecule has 4 aromatic rings. The van der Waals surface area contributed by atoms with Crippen molar-refractivity contribution in [2.45, 2.75) is 20.4 Å². The number of H-pyrrole nitrogens is 1. The zero-order chi connectivity index (χ0) is 23.7. The Bertz CT molecular complexity index is 1360. The lowest BCUT2D eigenvalue weighted by atomic mass is 10.00. The molecule has 0 unspecified atom stereocenters. The van der Waals surface area contributed by atoms with Gasteiger partial charge in [0.15, 0.2) is 17.4 Å². The van der Waals surface area contributed by atoms with Crippen LogP contribution in [0.15, 0.2) is 70.1 Å². The molecule has 2 heterocycles. The second kappa shape index (κ2) is 9.52. The Balaban J connectivity index is 1.61. The third kappa shape index (κ3) is 4.41. The van der Waals surface area contributed by atoms with Gasteiger partial charge in [0.1, 0.15) is 0 Å². The van der Waals surface area contributed by atoms with Gasteiger partial charge >= 0.3 is 0 Å². The van der Waals surface area contributed by atoms with E-state index < -0.39 is 0 Å². The molecule has 0 fully saturated rings. The Morgan fingerprint density at radius 3 is 2.53 bits per heavy atom. The number of fused-ring (bicyclic) bond motifs is 2. The summed E-state index contributed by atoms with van der Waals surface area (Å²) in [5.74, 6) is 1.44. The third-order valence-electron chi connectivity index (χ3n) is 6.10. The number of nitrogens with one attached hydrogen (secondary N) is 1. The van der Waals surface area contributed by atoms with Crippen molar-refractivity contribution in [2.24, 2.45) is 4.99 Å². The fourth-order valence-electron chi connectivity index (χ4n) is 4.21. The van der Waals surface area contributed by atoms with Gasteiger partial charge in [0.2, 0.25) is 6.79 Å². The van der Waals surface area contributed by atoms with Crippen LogP contribution in [0.1, 0.15) is 30.5 Å². The number of hydrogen-bond donors (Lipinski definition) is 2. The lowest BCUT2D eigenvalue weighted by Crippen LogP contribution is -2.21. The number of halogens is 1. The fraction of sp³-hybridized carbons (Fsp3) is 0.222. The summed E-state index contributed by atoms with van der Waals surface area (Å²) in [5, 5.41) is 11.8. The number of aromatic amines is 1. The monoisotopic (exact) mass is 519 g/mol. The average molecular weight is 520 g/mol. The summed E-state index contributed by atoms with van der Waals surface area (Å²) in [6.07, 6.45) is 0. The molecule has 0 saturated carbocycles. The second-order valence-electron chi connectivity index (χ2n) is 8.19. The van der Waals surface area contributed by atoms with Crippen LogP contribution in [0.5, 0.6) is 17.4 Å². The molecule has 0 spiro atoms. The van der Waals surface area contributed by atoms with E-state index in [0.717, 1.165) is 46.3 Å². The van der Waals surface area contributed by atoms with E-state index >= 15 is 0 Å².